The van der Waals surface area contributed by atoms with Crippen LogP contribution in [0.25, 0.3) is 0 Å². The zero-order valence-corrected chi connectivity index (χ0v) is 11.1. The summed E-state index contributed by atoms with van der Waals surface area (Å²) in [6.07, 6.45) is 0.982. The van der Waals surface area contributed by atoms with Gasteiger partial charge in [-0.05, 0) is 31.4 Å². The maximum Gasteiger partial charge on any atom is 0.0975 e. The highest BCUT2D eigenvalue weighted by molar-refractivity contribution is 7.09. The molecule has 0 aliphatic rings. The fraction of sp³-hybridized carbons (Fsp3) is 0.357. The first-order chi connectivity index (χ1) is 8.20. The molecule has 17 heavy (non-hydrogen) atoms. The molecule has 2 N–H and O–H groups in total. The highest BCUT2D eigenvalue weighted by atomic mass is 32.1. The summed E-state index contributed by atoms with van der Waals surface area (Å²) in [5.41, 5.74) is 9.67. The fourth-order valence-corrected chi connectivity index (χ4v) is 2.85. The van der Waals surface area contributed by atoms with Gasteiger partial charge in [-0.2, -0.15) is 0 Å². The molecule has 0 fully saturated rings. The molecule has 90 valence electrons. The largest absolute Gasteiger partial charge is 0.330 e. The Kier molecular flexibility index (Phi) is 3.92. The predicted octanol–water partition coefficient (Wildman–Crippen LogP) is 3.04. The van der Waals surface area contributed by atoms with Gasteiger partial charge in [-0.1, -0.05) is 24.3 Å². The van der Waals surface area contributed by atoms with E-state index >= 15 is 0 Å². The fourth-order valence-electron chi connectivity index (χ4n) is 1.94. The minimum absolute atomic E-state index is 0.342. The lowest BCUT2D eigenvalue weighted by Crippen LogP contribution is -2.15. The average Bonchev–Trinajstić information content (AvgIpc) is 2.75. The van der Waals surface area contributed by atoms with Crippen LogP contribution in [0.15, 0.2) is 29.6 Å². The number of aromatic nitrogens is 1. The number of thiazole rings is 1. The summed E-state index contributed by atoms with van der Waals surface area (Å²) >= 11 is 1.72. The van der Waals surface area contributed by atoms with Crippen molar-refractivity contribution in [1.29, 1.82) is 0 Å². The molecule has 2 rings (SSSR count). The van der Waals surface area contributed by atoms with Crippen molar-refractivity contribution in [2.75, 3.05) is 6.54 Å². The quantitative estimate of drug-likeness (QED) is 0.900. The number of rotatable bonds is 4. The molecule has 0 bridgehead atoms. The maximum absolute atomic E-state index is 5.88. The second kappa shape index (κ2) is 5.43. The van der Waals surface area contributed by atoms with E-state index in [4.69, 9.17) is 5.73 Å². The van der Waals surface area contributed by atoms with E-state index in [1.165, 1.54) is 11.1 Å². The minimum atomic E-state index is 0.342. The zero-order valence-electron chi connectivity index (χ0n) is 10.3. The highest BCUT2D eigenvalue weighted by Gasteiger charge is 2.14. The lowest BCUT2D eigenvalue weighted by atomic mass is 9.96. The number of nitrogens with zero attached hydrogens (tertiary/aromatic N) is 1. The van der Waals surface area contributed by atoms with E-state index in [9.17, 15) is 0 Å². The molecular weight excluding hydrogens is 228 g/mol. The summed E-state index contributed by atoms with van der Waals surface area (Å²) in [5, 5.41) is 3.25. The van der Waals surface area contributed by atoms with Crippen LogP contribution in [-0.4, -0.2) is 11.5 Å². The molecule has 0 amide bonds. The van der Waals surface area contributed by atoms with Gasteiger partial charge < -0.3 is 5.73 Å². The SMILES string of the molecule is Cc1csc(C(CN)Cc2ccccc2C)n1. The van der Waals surface area contributed by atoms with E-state index in [1.807, 2.05) is 6.92 Å². The van der Waals surface area contributed by atoms with Gasteiger partial charge >= 0.3 is 0 Å². The molecule has 1 heterocycles. The molecule has 0 saturated carbocycles. The van der Waals surface area contributed by atoms with Crippen LogP contribution in [0.1, 0.15) is 27.7 Å². The van der Waals surface area contributed by atoms with Crippen molar-refractivity contribution >= 4 is 11.3 Å². The number of hydrogen-bond donors (Lipinski definition) is 1. The second-order valence-electron chi connectivity index (χ2n) is 4.39. The topological polar surface area (TPSA) is 38.9 Å². The number of nitrogens with two attached hydrogens (primary N) is 1. The molecular formula is C14H18N2S. The van der Waals surface area contributed by atoms with Gasteiger partial charge in [-0.25, -0.2) is 4.98 Å². The Morgan fingerprint density at radius 3 is 2.65 bits per heavy atom. The molecule has 1 aromatic carbocycles. The van der Waals surface area contributed by atoms with Crippen molar-refractivity contribution in [3.63, 3.8) is 0 Å². The maximum atomic E-state index is 5.88. The van der Waals surface area contributed by atoms with Crippen molar-refractivity contribution in [2.24, 2.45) is 5.73 Å². The molecule has 0 spiro atoms. The van der Waals surface area contributed by atoms with Gasteiger partial charge in [0, 0.05) is 23.5 Å². The Morgan fingerprint density at radius 2 is 2.06 bits per heavy atom. The van der Waals surface area contributed by atoms with Crippen LogP contribution in [0.4, 0.5) is 0 Å². The molecule has 0 aliphatic heterocycles. The Morgan fingerprint density at radius 1 is 1.29 bits per heavy atom. The first-order valence-electron chi connectivity index (χ1n) is 5.87. The summed E-state index contributed by atoms with van der Waals surface area (Å²) in [6.45, 7) is 4.83. The predicted molar refractivity (Wildman–Crippen MR) is 73.5 cm³/mol. The Balaban J connectivity index is 2.18. The van der Waals surface area contributed by atoms with Gasteiger partial charge in [0.05, 0.1) is 5.01 Å². The summed E-state index contributed by atoms with van der Waals surface area (Å²) in [6, 6.07) is 8.49. The smallest absolute Gasteiger partial charge is 0.0975 e. The molecule has 1 atom stereocenters. The lowest BCUT2D eigenvalue weighted by molar-refractivity contribution is 0.685. The third-order valence-electron chi connectivity index (χ3n) is 3.00. The number of hydrogen-bond acceptors (Lipinski definition) is 3. The van der Waals surface area contributed by atoms with Crippen LogP contribution >= 0.6 is 11.3 Å². The first-order valence-corrected chi connectivity index (χ1v) is 6.75. The van der Waals surface area contributed by atoms with Crippen molar-refractivity contribution in [2.45, 2.75) is 26.2 Å². The van der Waals surface area contributed by atoms with Crippen LogP contribution in [0, 0.1) is 13.8 Å². The molecule has 1 unspecified atom stereocenters. The molecule has 2 nitrogen and oxygen atoms in total. The van der Waals surface area contributed by atoms with Crippen LogP contribution < -0.4 is 5.73 Å². The standard InChI is InChI=1S/C14H18N2S/c1-10-5-3-4-6-12(10)7-13(8-15)14-16-11(2)9-17-14/h3-6,9,13H,7-8,15H2,1-2H3. The summed E-state index contributed by atoms with van der Waals surface area (Å²) in [5.74, 6) is 0.342. The summed E-state index contributed by atoms with van der Waals surface area (Å²) in [4.78, 5) is 4.55. The Hall–Kier alpha value is -1.19. The Labute approximate surface area is 107 Å². The third kappa shape index (κ3) is 2.93. The van der Waals surface area contributed by atoms with E-state index in [0.717, 1.165) is 17.1 Å². The van der Waals surface area contributed by atoms with Crippen LogP contribution in [0.3, 0.4) is 0 Å². The molecule has 0 aliphatic carbocycles. The van der Waals surface area contributed by atoms with E-state index in [-0.39, 0.29) is 0 Å². The van der Waals surface area contributed by atoms with Gasteiger partial charge in [0.15, 0.2) is 0 Å². The molecule has 1 aromatic heterocycles. The van der Waals surface area contributed by atoms with Crippen LogP contribution in [0.2, 0.25) is 0 Å². The summed E-state index contributed by atoms with van der Waals surface area (Å²) < 4.78 is 0. The number of aryl methyl sites for hydroxylation is 2. The van der Waals surface area contributed by atoms with E-state index in [0.29, 0.717) is 12.5 Å². The zero-order chi connectivity index (χ0) is 12.3. The highest BCUT2D eigenvalue weighted by Crippen LogP contribution is 2.24. The Bertz CT molecular complexity index is 490. The van der Waals surface area contributed by atoms with E-state index in [2.05, 4.69) is 41.6 Å². The van der Waals surface area contributed by atoms with Crippen molar-refractivity contribution in [1.82, 2.24) is 4.98 Å². The van der Waals surface area contributed by atoms with Gasteiger partial charge in [0.1, 0.15) is 0 Å². The van der Waals surface area contributed by atoms with Gasteiger partial charge in [-0.15, -0.1) is 11.3 Å². The number of benzene rings is 1. The third-order valence-corrected chi connectivity index (χ3v) is 4.12. The molecule has 0 saturated heterocycles. The summed E-state index contributed by atoms with van der Waals surface area (Å²) in [7, 11) is 0. The second-order valence-corrected chi connectivity index (χ2v) is 5.28. The van der Waals surface area contributed by atoms with Crippen LogP contribution in [0.5, 0.6) is 0 Å². The van der Waals surface area contributed by atoms with E-state index < -0.39 is 0 Å². The van der Waals surface area contributed by atoms with E-state index in [1.54, 1.807) is 11.3 Å². The molecule has 3 heteroatoms. The lowest BCUT2D eigenvalue weighted by Gasteiger charge is -2.13. The van der Waals surface area contributed by atoms with Crippen LogP contribution in [-0.2, 0) is 6.42 Å². The van der Waals surface area contributed by atoms with Gasteiger partial charge in [0.2, 0.25) is 0 Å². The molecule has 2 aromatic rings. The van der Waals surface area contributed by atoms with Gasteiger partial charge in [-0.3, -0.25) is 0 Å². The molecule has 0 radical (unpaired) electrons. The van der Waals surface area contributed by atoms with Crippen molar-refractivity contribution in [3.05, 3.63) is 51.5 Å². The average molecular weight is 246 g/mol. The first kappa shape index (κ1) is 12.3. The monoisotopic (exact) mass is 246 g/mol. The van der Waals surface area contributed by atoms with Crippen molar-refractivity contribution < 1.29 is 0 Å². The van der Waals surface area contributed by atoms with Crippen molar-refractivity contribution in [3.8, 4) is 0 Å². The minimum Gasteiger partial charge on any atom is -0.330 e. The normalized spacial score (nSPS) is 12.6. The van der Waals surface area contributed by atoms with Gasteiger partial charge in [0.25, 0.3) is 0 Å².